The van der Waals surface area contributed by atoms with Crippen LogP contribution in [0.15, 0.2) is 36.0 Å². The number of halogens is 1. The second kappa shape index (κ2) is 14.2. The van der Waals surface area contributed by atoms with Gasteiger partial charge in [0.2, 0.25) is 5.91 Å². The first-order valence-corrected chi connectivity index (χ1v) is 14.3. The summed E-state index contributed by atoms with van der Waals surface area (Å²) in [5.74, 6) is -0.171. The van der Waals surface area contributed by atoms with Crippen molar-refractivity contribution in [2.45, 2.75) is 45.3 Å². The van der Waals surface area contributed by atoms with Crippen molar-refractivity contribution >= 4 is 57.5 Å². The maximum absolute atomic E-state index is 12.8. The van der Waals surface area contributed by atoms with Crippen molar-refractivity contribution in [3.8, 4) is 5.75 Å². The van der Waals surface area contributed by atoms with Gasteiger partial charge < -0.3 is 25.1 Å². The zero-order chi connectivity index (χ0) is 28.5. The molecule has 208 valence electrons. The number of hydrogen-bond donors (Lipinski definition) is 2. The summed E-state index contributed by atoms with van der Waals surface area (Å²) in [6.45, 7) is 10.1. The summed E-state index contributed by atoms with van der Waals surface area (Å²) in [6.07, 6.45) is 3.06. The molecular weight excluding hydrogens is 562 g/mol. The van der Waals surface area contributed by atoms with Crippen molar-refractivity contribution in [1.82, 2.24) is 14.8 Å². The Morgan fingerprint density at radius 2 is 2.05 bits per heavy atom. The maximum atomic E-state index is 12.8. The number of aryl methyl sites for hydroxylation is 2. The summed E-state index contributed by atoms with van der Waals surface area (Å²) >= 11 is 8.14. The third-order valence-electron chi connectivity index (χ3n) is 5.48. The number of carbonyl (C=O) groups excluding carboxylic acids is 3. The first-order valence-electron chi connectivity index (χ1n) is 12.1. The first kappa shape index (κ1) is 30.2. The fourth-order valence-corrected chi connectivity index (χ4v) is 5.75. The number of primary amides is 1. The van der Waals surface area contributed by atoms with Crippen LogP contribution >= 0.6 is 34.7 Å². The van der Waals surface area contributed by atoms with Gasteiger partial charge >= 0.3 is 5.97 Å². The molecule has 0 bridgehead atoms. The van der Waals surface area contributed by atoms with Gasteiger partial charge in [-0.2, -0.15) is 0 Å². The van der Waals surface area contributed by atoms with E-state index in [1.54, 1.807) is 26.0 Å². The molecule has 0 aliphatic carbocycles. The van der Waals surface area contributed by atoms with Crippen LogP contribution in [0.5, 0.6) is 5.75 Å². The number of rotatable bonds is 14. The molecule has 0 aliphatic rings. The normalized spacial score (nSPS) is 10.8. The summed E-state index contributed by atoms with van der Waals surface area (Å²) in [5.41, 5.74) is 6.90. The Kier molecular flexibility index (Phi) is 11.0. The Labute approximate surface area is 239 Å². The van der Waals surface area contributed by atoms with Crippen LogP contribution in [0, 0.1) is 13.8 Å². The minimum Gasteiger partial charge on any atom is -0.493 e. The largest absolute Gasteiger partial charge is 0.493 e. The van der Waals surface area contributed by atoms with E-state index in [0.29, 0.717) is 41.7 Å². The number of nitrogens with two attached hydrogens (primary N) is 1. The van der Waals surface area contributed by atoms with E-state index in [1.165, 1.54) is 11.8 Å². The Hall–Kier alpha value is -3.35. The summed E-state index contributed by atoms with van der Waals surface area (Å²) in [5, 5.41) is 12.7. The Morgan fingerprint density at radius 1 is 1.28 bits per heavy atom. The number of esters is 1. The molecule has 3 N–H and O–H groups in total. The van der Waals surface area contributed by atoms with E-state index in [1.807, 2.05) is 23.6 Å². The molecule has 1 aromatic carbocycles. The number of hydrogen-bond acceptors (Lipinski definition) is 9. The van der Waals surface area contributed by atoms with Crippen molar-refractivity contribution in [1.29, 1.82) is 0 Å². The van der Waals surface area contributed by atoms with Gasteiger partial charge in [0.1, 0.15) is 16.6 Å². The number of carbonyl (C=O) groups is 3. The molecule has 3 aromatic rings. The van der Waals surface area contributed by atoms with Gasteiger partial charge in [0.25, 0.3) is 5.91 Å². The molecule has 0 saturated carbocycles. The van der Waals surface area contributed by atoms with E-state index in [9.17, 15) is 14.4 Å². The zero-order valence-electron chi connectivity index (χ0n) is 21.9. The van der Waals surface area contributed by atoms with E-state index < -0.39 is 11.9 Å². The second-order valence-electron chi connectivity index (χ2n) is 8.34. The van der Waals surface area contributed by atoms with Gasteiger partial charge in [-0.1, -0.05) is 29.4 Å². The summed E-state index contributed by atoms with van der Waals surface area (Å²) in [4.78, 5) is 37.2. The number of benzene rings is 1. The van der Waals surface area contributed by atoms with Gasteiger partial charge in [0.15, 0.2) is 5.16 Å². The molecule has 0 unspecified atom stereocenters. The number of aromatic nitrogens is 3. The number of anilines is 1. The molecule has 2 heterocycles. The highest BCUT2D eigenvalue weighted by atomic mass is 35.5. The van der Waals surface area contributed by atoms with E-state index in [-0.39, 0.29) is 33.7 Å². The van der Waals surface area contributed by atoms with Crippen LogP contribution in [0.4, 0.5) is 5.00 Å². The van der Waals surface area contributed by atoms with Crippen molar-refractivity contribution in [2.75, 3.05) is 24.3 Å². The van der Waals surface area contributed by atoms with Crippen LogP contribution < -0.4 is 15.8 Å². The van der Waals surface area contributed by atoms with Crippen LogP contribution in [-0.2, 0) is 22.5 Å². The quantitative estimate of drug-likeness (QED) is 0.118. The summed E-state index contributed by atoms with van der Waals surface area (Å²) < 4.78 is 12.8. The summed E-state index contributed by atoms with van der Waals surface area (Å²) in [6, 6.07) is 5.49. The van der Waals surface area contributed by atoms with Crippen molar-refractivity contribution in [2.24, 2.45) is 5.73 Å². The van der Waals surface area contributed by atoms with Crippen LogP contribution in [0.3, 0.4) is 0 Å². The fraction of sp³-hybridized carbons (Fsp3) is 0.346. The number of nitrogens with zero attached hydrogens (tertiary/aromatic N) is 3. The Morgan fingerprint density at radius 3 is 2.72 bits per heavy atom. The van der Waals surface area contributed by atoms with Gasteiger partial charge in [-0.3, -0.25) is 9.59 Å². The highest BCUT2D eigenvalue weighted by molar-refractivity contribution is 7.99. The number of nitrogens with one attached hydrogen (secondary N) is 1. The lowest BCUT2D eigenvalue weighted by Gasteiger charge is -2.10. The molecule has 0 spiro atoms. The number of ether oxygens (including phenoxy) is 2. The van der Waals surface area contributed by atoms with E-state index >= 15 is 0 Å². The molecular formula is C26H30ClN5O5S2. The third-order valence-corrected chi connectivity index (χ3v) is 7.90. The van der Waals surface area contributed by atoms with Gasteiger partial charge in [-0.15, -0.1) is 28.1 Å². The van der Waals surface area contributed by atoms with E-state index in [4.69, 9.17) is 26.8 Å². The number of allylic oxidation sites excluding steroid dienone is 1. The molecule has 2 aromatic heterocycles. The maximum Gasteiger partial charge on any atom is 0.341 e. The molecule has 0 saturated heterocycles. The molecule has 0 fully saturated rings. The standard InChI is InChI=1S/C26H30ClN5O5S2/c1-5-11-32-19(8-7-12-37-18-10-9-17(27)13-15(18)3)30-31-26(32)38-14-20(33)29-24-21(25(35)36-6-2)16(4)22(39-24)23(28)34/h5,9-10,13H,1,6-8,11-12,14H2,2-4H3,(H2,28,34)(H,29,33). The van der Waals surface area contributed by atoms with Crippen LogP contribution in [0.2, 0.25) is 5.02 Å². The topological polar surface area (TPSA) is 138 Å². The molecule has 0 radical (unpaired) electrons. The van der Waals surface area contributed by atoms with Crippen LogP contribution in [0.1, 0.15) is 50.3 Å². The summed E-state index contributed by atoms with van der Waals surface area (Å²) in [7, 11) is 0. The average molecular weight is 592 g/mol. The lowest BCUT2D eigenvalue weighted by molar-refractivity contribution is -0.113. The molecule has 2 amide bonds. The molecule has 10 nitrogen and oxygen atoms in total. The first-order chi connectivity index (χ1) is 18.7. The fourth-order valence-electron chi connectivity index (χ4n) is 3.69. The lowest BCUT2D eigenvalue weighted by Crippen LogP contribution is -2.17. The SMILES string of the molecule is C=CCn1c(CCCOc2ccc(Cl)cc2C)nnc1SCC(=O)Nc1sc(C(N)=O)c(C)c1C(=O)OCC. The van der Waals surface area contributed by atoms with Crippen LogP contribution in [0.25, 0.3) is 0 Å². The van der Waals surface area contributed by atoms with E-state index in [2.05, 4.69) is 22.1 Å². The minimum absolute atomic E-state index is 0.000646. The number of thioether (sulfide) groups is 1. The molecule has 3 rings (SSSR count). The highest BCUT2D eigenvalue weighted by Crippen LogP contribution is 2.34. The average Bonchev–Trinajstić information content (AvgIpc) is 3.42. The predicted molar refractivity (Wildman–Crippen MR) is 153 cm³/mol. The monoisotopic (exact) mass is 591 g/mol. The van der Waals surface area contributed by atoms with Crippen molar-refractivity contribution < 1.29 is 23.9 Å². The minimum atomic E-state index is -0.684. The van der Waals surface area contributed by atoms with Gasteiger partial charge in [0, 0.05) is 18.0 Å². The van der Waals surface area contributed by atoms with Gasteiger partial charge in [-0.25, -0.2) is 4.79 Å². The van der Waals surface area contributed by atoms with Gasteiger partial charge in [-0.05, 0) is 56.5 Å². The van der Waals surface area contributed by atoms with Crippen LogP contribution in [-0.4, -0.2) is 51.5 Å². The van der Waals surface area contributed by atoms with Gasteiger partial charge in [0.05, 0.1) is 29.4 Å². The molecule has 0 atom stereocenters. The number of amides is 2. The Balaban J connectivity index is 1.62. The molecule has 13 heteroatoms. The predicted octanol–water partition coefficient (Wildman–Crippen LogP) is 4.81. The third kappa shape index (κ3) is 7.84. The lowest BCUT2D eigenvalue weighted by atomic mass is 10.1. The second-order valence-corrected chi connectivity index (χ2v) is 10.7. The van der Waals surface area contributed by atoms with E-state index in [0.717, 1.165) is 28.5 Å². The highest BCUT2D eigenvalue weighted by Gasteiger charge is 2.26. The van der Waals surface area contributed by atoms with Crippen molar-refractivity contribution in [3.05, 3.63) is 63.3 Å². The molecule has 0 aliphatic heterocycles. The zero-order valence-corrected chi connectivity index (χ0v) is 24.3. The van der Waals surface area contributed by atoms with Crippen molar-refractivity contribution in [3.63, 3.8) is 0 Å². The smallest absolute Gasteiger partial charge is 0.341 e. The molecule has 39 heavy (non-hydrogen) atoms. The number of thiophene rings is 1. The Bertz CT molecular complexity index is 1370.